The van der Waals surface area contributed by atoms with Gasteiger partial charge < -0.3 is 15.1 Å². The van der Waals surface area contributed by atoms with E-state index >= 15 is 0 Å². The fraction of sp³-hybridized carbons (Fsp3) is 0.143. The SMILES string of the molecule is CN(C)c1nc(-c2ccccc2)c(C=NNC(N)=S)c(=O)o1. The molecule has 0 aliphatic carbocycles. The van der Waals surface area contributed by atoms with Crippen molar-refractivity contribution in [2.75, 3.05) is 19.0 Å². The summed E-state index contributed by atoms with van der Waals surface area (Å²) in [5.74, 6) is 0. The molecule has 0 aliphatic rings. The summed E-state index contributed by atoms with van der Waals surface area (Å²) < 4.78 is 5.17. The first-order valence-corrected chi connectivity index (χ1v) is 6.76. The Labute approximate surface area is 132 Å². The van der Waals surface area contributed by atoms with Crippen molar-refractivity contribution in [3.05, 3.63) is 46.3 Å². The monoisotopic (exact) mass is 317 g/mol. The van der Waals surface area contributed by atoms with E-state index in [9.17, 15) is 4.79 Å². The number of thiocarbonyl (C=S) groups is 1. The van der Waals surface area contributed by atoms with Crippen LogP contribution in [0.25, 0.3) is 11.3 Å². The van der Waals surface area contributed by atoms with E-state index in [-0.39, 0.29) is 16.7 Å². The standard InChI is InChI=1S/C14H15N5O2S/c1-19(2)14-17-11(9-6-4-3-5-7-9)10(12(20)21-14)8-16-18-13(15)22/h3-8H,1-2H3,(H3,15,18,22). The number of nitrogens with zero attached hydrogens (tertiary/aromatic N) is 3. The van der Waals surface area contributed by atoms with Crippen LogP contribution < -0.4 is 21.7 Å². The number of hydrogen-bond acceptors (Lipinski definition) is 6. The van der Waals surface area contributed by atoms with Crippen LogP contribution in [0, 0.1) is 0 Å². The van der Waals surface area contributed by atoms with Gasteiger partial charge in [0.1, 0.15) is 5.56 Å². The number of aromatic nitrogens is 1. The Kier molecular flexibility index (Phi) is 4.84. The Morgan fingerprint density at radius 2 is 2.09 bits per heavy atom. The zero-order valence-corrected chi connectivity index (χ0v) is 12.9. The van der Waals surface area contributed by atoms with Crippen molar-refractivity contribution in [2.45, 2.75) is 0 Å². The zero-order chi connectivity index (χ0) is 16.1. The van der Waals surface area contributed by atoms with E-state index in [1.807, 2.05) is 30.3 Å². The van der Waals surface area contributed by atoms with E-state index in [0.717, 1.165) is 5.56 Å². The van der Waals surface area contributed by atoms with Crippen LogP contribution in [0.5, 0.6) is 0 Å². The lowest BCUT2D eigenvalue weighted by atomic mass is 10.1. The number of nitrogens with two attached hydrogens (primary N) is 1. The number of nitrogens with one attached hydrogen (secondary N) is 1. The fourth-order valence-electron chi connectivity index (χ4n) is 1.69. The molecule has 0 bridgehead atoms. The van der Waals surface area contributed by atoms with Crippen LogP contribution in [0.3, 0.4) is 0 Å². The minimum atomic E-state index is -0.550. The third-order valence-electron chi connectivity index (χ3n) is 2.66. The summed E-state index contributed by atoms with van der Waals surface area (Å²) in [4.78, 5) is 18.2. The fourth-order valence-corrected chi connectivity index (χ4v) is 1.75. The first-order valence-electron chi connectivity index (χ1n) is 6.35. The molecule has 2 aromatic rings. The van der Waals surface area contributed by atoms with Gasteiger partial charge in [0.25, 0.3) is 6.01 Å². The van der Waals surface area contributed by atoms with Gasteiger partial charge >= 0.3 is 5.63 Å². The topological polar surface area (TPSA) is 96.8 Å². The van der Waals surface area contributed by atoms with E-state index in [4.69, 9.17) is 10.2 Å². The largest absolute Gasteiger partial charge is 0.388 e. The van der Waals surface area contributed by atoms with Crippen LogP contribution >= 0.6 is 12.2 Å². The highest BCUT2D eigenvalue weighted by Crippen LogP contribution is 2.20. The van der Waals surface area contributed by atoms with Gasteiger partial charge in [0, 0.05) is 19.7 Å². The molecule has 0 amide bonds. The molecule has 0 radical (unpaired) electrons. The summed E-state index contributed by atoms with van der Waals surface area (Å²) in [6.45, 7) is 0. The average molecular weight is 317 g/mol. The summed E-state index contributed by atoms with van der Waals surface area (Å²) in [5, 5.41) is 3.81. The Morgan fingerprint density at radius 1 is 1.41 bits per heavy atom. The molecule has 1 aromatic heterocycles. The minimum absolute atomic E-state index is 0.000213. The molecule has 0 aliphatic heterocycles. The second-order valence-corrected chi connectivity index (χ2v) is 4.98. The summed E-state index contributed by atoms with van der Waals surface area (Å²) in [7, 11) is 3.48. The minimum Gasteiger partial charge on any atom is -0.388 e. The normalized spacial score (nSPS) is 10.6. The molecule has 114 valence electrons. The Hall–Kier alpha value is -2.74. The Bertz CT molecular complexity index is 756. The van der Waals surface area contributed by atoms with Gasteiger partial charge in [-0.05, 0) is 12.2 Å². The Morgan fingerprint density at radius 3 is 2.68 bits per heavy atom. The predicted octanol–water partition coefficient (Wildman–Crippen LogP) is 0.935. The summed E-state index contributed by atoms with van der Waals surface area (Å²) in [5.41, 5.74) is 8.59. The van der Waals surface area contributed by atoms with Crippen molar-refractivity contribution in [1.29, 1.82) is 0 Å². The molecule has 0 unspecified atom stereocenters. The van der Waals surface area contributed by atoms with Crippen molar-refractivity contribution in [2.24, 2.45) is 10.8 Å². The maximum absolute atomic E-state index is 12.2. The molecule has 0 fully saturated rings. The highest BCUT2D eigenvalue weighted by atomic mass is 32.1. The molecule has 1 aromatic carbocycles. The third kappa shape index (κ3) is 3.67. The lowest BCUT2D eigenvalue weighted by Gasteiger charge is -2.11. The number of rotatable bonds is 4. The molecule has 0 saturated heterocycles. The number of hydrogen-bond donors (Lipinski definition) is 2. The van der Waals surface area contributed by atoms with Crippen molar-refractivity contribution in [3.8, 4) is 11.3 Å². The van der Waals surface area contributed by atoms with Crippen LogP contribution in [-0.2, 0) is 0 Å². The van der Waals surface area contributed by atoms with E-state index in [1.165, 1.54) is 6.21 Å². The first-order chi connectivity index (χ1) is 10.5. The number of benzene rings is 1. The van der Waals surface area contributed by atoms with Gasteiger partial charge in [0.2, 0.25) is 0 Å². The van der Waals surface area contributed by atoms with Crippen molar-refractivity contribution < 1.29 is 4.42 Å². The molecule has 22 heavy (non-hydrogen) atoms. The molecule has 1 heterocycles. The average Bonchev–Trinajstić information content (AvgIpc) is 2.49. The van der Waals surface area contributed by atoms with E-state index in [2.05, 4.69) is 27.7 Å². The summed E-state index contributed by atoms with van der Waals surface area (Å²) >= 11 is 4.65. The maximum Gasteiger partial charge on any atom is 0.349 e. The number of anilines is 1. The van der Waals surface area contributed by atoms with Gasteiger partial charge in [-0.15, -0.1) is 0 Å². The van der Waals surface area contributed by atoms with Gasteiger partial charge in [-0.1, -0.05) is 30.3 Å². The Balaban J connectivity index is 2.58. The van der Waals surface area contributed by atoms with Gasteiger partial charge in [-0.2, -0.15) is 10.1 Å². The van der Waals surface area contributed by atoms with E-state index in [1.54, 1.807) is 19.0 Å². The third-order valence-corrected chi connectivity index (χ3v) is 2.76. The molecule has 0 atom stereocenters. The lowest BCUT2D eigenvalue weighted by molar-refractivity contribution is 0.492. The van der Waals surface area contributed by atoms with Crippen molar-refractivity contribution in [1.82, 2.24) is 10.4 Å². The smallest absolute Gasteiger partial charge is 0.349 e. The van der Waals surface area contributed by atoms with Crippen molar-refractivity contribution >= 4 is 29.6 Å². The summed E-state index contributed by atoms with van der Waals surface area (Å²) in [6.07, 6.45) is 1.29. The molecule has 0 saturated carbocycles. The zero-order valence-electron chi connectivity index (χ0n) is 12.1. The molecule has 2 rings (SSSR count). The van der Waals surface area contributed by atoms with Crippen LogP contribution in [0.15, 0.2) is 44.6 Å². The van der Waals surface area contributed by atoms with Crippen LogP contribution in [0.4, 0.5) is 6.01 Å². The lowest BCUT2D eigenvalue weighted by Crippen LogP contribution is -2.25. The van der Waals surface area contributed by atoms with E-state index < -0.39 is 5.63 Å². The highest BCUT2D eigenvalue weighted by Gasteiger charge is 2.15. The maximum atomic E-state index is 12.2. The van der Waals surface area contributed by atoms with Crippen LogP contribution in [-0.4, -0.2) is 30.4 Å². The molecule has 3 N–H and O–H groups in total. The van der Waals surface area contributed by atoms with Gasteiger partial charge in [0.05, 0.1) is 11.9 Å². The van der Waals surface area contributed by atoms with Gasteiger partial charge in [0.15, 0.2) is 5.11 Å². The quantitative estimate of drug-likeness (QED) is 0.492. The van der Waals surface area contributed by atoms with Crippen LogP contribution in [0.1, 0.15) is 5.56 Å². The van der Waals surface area contributed by atoms with E-state index in [0.29, 0.717) is 5.69 Å². The molecular weight excluding hydrogens is 302 g/mol. The first kappa shape index (κ1) is 15.6. The predicted molar refractivity (Wildman–Crippen MR) is 90.1 cm³/mol. The second kappa shape index (κ2) is 6.81. The van der Waals surface area contributed by atoms with Gasteiger partial charge in [-0.3, -0.25) is 5.43 Å². The molecule has 7 nitrogen and oxygen atoms in total. The molecule has 0 spiro atoms. The van der Waals surface area contributed by atoms with Crippen LogP contribution in [0.2, 0.25) is 0 Å². The molecular formula is C14H15N5O2S. The summed E-state index contributed by atoms with van der Waals surface area (Å²) in [6, 6.07) is 9.50. The second-order valence-electron chi connectivity index (χ2n) is 4.54. The van der Waals surface area contributed by atoms with Crippen molar-refractivity contribution in [3.63, 3.8) is 0 Å². The van der Waals surface area contributed by atoms with Gasteiger partial charge in [-0.25, -0.2) is 4.79 Å². The molecule has 8 heteroatoms. The number of hydrazone groups is 1. The highest BCUT2D eigenvalue weighted by molar-refractivity contribution is 7.80.